The number of ether oxygens (including phenoxy) is 1. The minimum Gasteiger partial charge on any atom is -0.494 e. The zero-order chi connectivity index (χ0) is 22.2. The van der Waals surface area contributed by atoms with Crippen molar-refractivity contribution in [3.63, 3.8) is 0 Å². The van der Waals surface area contributed by atoms with Gasteiger partial charge in [0.15, 0.2) is 0 Å². The van der Waals surface area contributed by atoms with E-state index in [1.807, 2.05) is 61.5 Å². The summed E-state index contributed by atoms with van der Waals surface area (Å²) in [5.74, 6) is 0.943. The molecule has 0 saturated carbocycles. The fourth-order valence-electron chi connectivity index (χ4n) is 3.44. The Bertz CT molecular complexity index is 899. The Morgan fingerprint density at radius 2 is 1.87 bits per heavy atom. The van der Waals surface area contributed by atoms with Crippen molar-refractivity contribution < 1.29 is 14.3 Å². The summed E-state index contributed by atoms with van der Waals surface area (Å²) in [6.07, 6.45) is 2.30. The summed E-state index contributed by atoms with van der Waals surface area (Å²) in [4.78, 5) is 28.3. The van der Waals surface area contributed by atoms with Crippen LogP contribution in [0.5, 0.6) is 5.75 Å². The first-order valence-electron chi connectivity index (χ1n) is 10.6. The topological polar surface area (TPSA) is 61.9 Å². The number of hydrogen-bond acceptors (Lipinski definition) is 4. The molecule has 0 spiro atoms. The molecule has 0 bridgehead atoms. The lowest BCUT2D eigenvalue weighted by molar-refractivity contribution is -0.132. The summed E-state index contributed by atoms with van der Waals surface area (Å²) in [7, 11) is 4.01. The molecule has 1 aliphatic heterocycles. The predicted octanol–water partition coefficient (Wildman–Crippen LogP) is 3.97. The van der Waals surface area contributed by atoms with Crippen LogP contribution >= 0.6 is 11.6 Å². The molecule has 0 saturated heterocycles. The van der Waals surface area contributed by atoms with Gasteiger partial charge in [0, 0.05) is 43.2 Å². The summed E-state index contributed by atoms with van der Waals surface area (Å²) in [6.45, 7) is 2.52. The van der Waals surface area contributed by atoms with Crippen molar-refractivity contribution >= 4 is 29.1 Å². The molecule has 0 aromatic heterocycles. The van der Waals surface area contributed by atoms with Gasteiger partial charge in [-0.1, -0.05) is 23.7 Å². The van der Waals surface area contributed by atoms with Crippen LogP contribution in [-0.2, 0) is 22.6 Å². The lowest BCUT2D eigenvalue weighted by atomic mass is 10.0. The number of amides is 2. The van der Waals surface area contributed by atoms with Crippen LogP contribution in [0.15, 0.2) is 42.5 Å². The molecule has 0 unspecified atom stereocenters. The predicted molar refractivity (Wildman–Crippen MR) is 124 cm³/mol. The van der Waals surface area contributed by atoms with Crippen molar-refractivity contribution in [2.24, 2.45) is 0 Å². The van der Waals surface area contributed by atoms with Crippen LogP contribution in [0.4, 0.5) is 5.69 Å². The Kier molecular flexibility index (Phi) is 8.32. The number of hydrogen-bond donors (Lipinski definition) is 1. The number of nitrogens with one attached hydrogen (secondary N) is 1. The molecular formula is C24H30ClN3O3. The summed E-state index contributed by atoms with van der Waals surface area (Å²) in [6, 6.07) is 13.3. The molecule has 0 fully saturated rings. The zero-order valence-electron chi connectivity index (χ0n) is 18.2. The highest BCUT2D eigenvalue weighted by atomic mass is 35.5. The minimum atomic E-state index is 0.0529. The van der Waals surface area contributed by atoms with Crippen molar-refractivity contribution in [1.82, 2.24) is 9.80 Å². The van der Waals surface area contributed by atoms with Crippen LogP contribution < -0.4 is 10.1 Å². The van der Waals surface area contributed by atoms with Crippen LogP contribution in [0.25, 0.3) is 0 Å². The molecule has 0 aliphatic carbocycles. The van der Waals surface area contributed by atoms with Gasteiger partial charge in [0.25, 0.3) is 0 Å². The quantitative estimate of drug-likeness (QED) is 0.564. The van der Waals surface area contributed by atoms with Gasteiger partial charge in [-0.3, -0.25) is 9.59 Å². The van der Waals surface area contributed by atoms with Gasteiger partial charge in [-0.25, -0.2) is 0 Å². The van der Waals surface area contributed by atoms with E-state index in [1.165, 1.54) is 0 Å². The Hall–Kier alpha value is -2.57. The van der Waals surface area contributed by atoms with Gasteiger partial charge in [0.1, 0.15) is 5.75 Å². The molecule has 31 heavy (non-hydrogen) atoms. The number of halogens is 1. The third kappa shape index (κ3) is 7.26. The van der Waals surface area contributed by atoms with Crippen molar-refractivity contribution in [2.45, 2.75) is 32.2 Å². The number of aryl methyl sites for hydroxylation is 1. The minimum absolute atomic E-state index is 0.0529. The number of fused-ring (bicyclic) bond motifs is 1. The monoisotopic (exact) mass is 443 g/mol. The molecule has 3 rings (SSSR count). The van der Waals surface area contributed by atoms with Gasteiger partial charge >= 0.3 is 0 Å². The first-order valence-corrected chi connectivity index (χ1v) is 11.0. The second-order valence-electron chi connectivity index (χ2n) is 8.06. The van der Waals surface area contributed by atoms with Gasteiger partial charge in [-0.05, 0) is 68.4 Å². The lowest BCUT2D eigenvalue weighted by Gasteiger charge is -2.25. The molecular weight excluding hydrogens is 414 g/mol. The first-order chi connectivity index (χ1) is 14.9. The SMILES string of the molecule is CN(C)CCN(Cc1ccc(Cl)cc1)C(=O)CCCOc1ccc2c(c1)CCC(=O)N2. The van der Waals surface area contributed by atoms with Gasteiger partial charge in [0.2, 0.25) is 11.8 Å². The van der Waals surface area contributed by atoms with Crippen LogP contribution in [0.3, 0.4) is 0 Å². The number of carbonyl (C=O) groups is 2. The summed E-state index contributed by atoms with van der Waals surface area (Å²) >= 11 is 5.97. The number of carbonyl (C=O) groups excluding carboxylic acids is 2. The molecule has 0 radical (unpaired) electrons. The zero-order valence-corrected chi connectivity index (χ0v) is 19.0. The van der Waals surface area contributed by atoms with E-state index in [-0.39, 0.29) is 11.8 Å². The van der Waals surface area contributed by atoms with E-state index in [0.29, 0.717) is 44.0 Å². The van der Waals surface area contributed by atoms with E-state index in [4.69, 9.17) is 16.3 Å². The maximum absolute atomic E-state index is 12.8. The average molecular weight is 444 g/mol. The normalized spacial score (nSPS) is 13.0. The third-order valence-corrected chi connectivity index (χ3v) is 5.48. The highest BCUT2D eigenvalue weighted by Crippen LogP contribution is 2.27. The molecule has 2 aromatic carbocycles. The van der Waals surface area contributed by atoms with Crippen molar-refractivity contribution in [3.05, 3.63) is 58.6 Å². The van der Waals surface area contributed by atoms with Crippen LogP contribution in [0, 0.1) is 0 Å². The second-order valence-corrected chi connectivity index (χ2v) is 8.50. The van der Waals surface area contributed by atoms with Gasteiger partial charge in [0.05, 0.1) is 6.61 Å². The average Bonchev–Trinajstić information content (AvgIpc) is 2.75. The van der Waals surface area contributed by atoms with E-state index in [2.05, 4.69) is 10.2 Å². The van der Waals surface area contributed by atoms with Crippen molar-refractivity contribution in [2.75, 3.05) is 39.1 Å². The fraction of sp³-hybridized carbons (Fsp3) is 0.417. The number of rotatable bonds is 10. The largest absolute Gasteiger partial charge is 0.494 e. The van der Waals surface area contributed by atoms with Gasteiger partial charge in [-0.2, -0.15) is 0 Å². The van der Waals surface area contributed by atoms with Gasteiger partial charge in [-0.15, -0.1) is 0 Å². The molecule has 1 aliphatic rings. The fourth-order valence-corrected chi connectivity index (χ4v) is 3.57. The summed E-state index contributed by atoms with van der Waals surface area (Å²) < 4.78 is 5.85. The molecule has 6 nitrogen and oxygen atoms in total. The van der Waals surface area contributed by atoms with Crippen molar-refractivity contribution in [3.8, 4) is 5.75 Å². The smallest absolute Gasteiger partial charge is 0.224 e. The molecule has 2 amide bonds. The molecule has 1 N–H and O–H groups in total. The molecule has 0 atom stereocenters. The first kappa shape index (κ1) is 23.1. The number of benzene rings is 2. The summed E-state index contributed by atoms with van der Waals surface area (Å²) in [5.41, 5.74) is 3.01. The molecule has 166 valence electrons. The van der Waals surface area contributed by atoms with Gasteiger partial charge < -0.3 is 19.9 Å². The Labute approximate surface area is 189 Å². The Morgan fingerprint density at radius 3 is 2.61 bits per heavy atom. The molecule has 7 heteroatoms. The highest BCUT2D eigenvalue weighted by molar-refractivity contribution is 6.30. The van der Waals surface area contributed by atoms with Crippen LogP contribution in [0.2, 0.25) is 5.02 Å². The van der Waals surface area contributed by atoms with Crippen molar-refractivity contribution in [1.29, 1.82) is 0 Å². The highest BCUT2D eigenvalue weighted by Gasteiger charge is 2.16. The van der Waals surface area contributed by atoms with E-state index >= 15 is 0 Å². The number of anilines is 1. The maximum atomic E-state index is 12.8. The Balaban J connectivity index is 1.49. The van der Waals surface area contributed by atoms with E-state index < -0.39 is 0 Å². The molecule has 1 heterocycles. The van der Waals surface area contributed by atoms with E-state index in [1.54, 1.807) is 0 Å². The van der Waals surface area contributed by atoms with Crippen LogP contribution in [0.1, 0.15) is 30.4 Å². The van der Waals surface area contributed by atoms with E-state index in [0.717, 1.165) is 35.5 Å². The van der Waals surface area contributed by atoms with E-state index in [9.17, 15) is 9.59 Å². The third-order valence-electron chi connectivity index (χ3n) is 5.23. The summed E-state index contributed by atoms with van der Waals surface area (Å²) in [5, 5.41) is 3.56. The Morgan fingerprint density at radius 1 is 1.10 bits per heavy atom. The van der Waals surface area contributed by atoms with Crippen LogP contribution in [-0.4, -0.2) is 55.4 Å². The second kappa shape index (κ2) is 11.2. The lowest BCUT2D eigenvalue weighted by Crippen LogP contribution is -2.36. The maximum Gasteiger partial charge on any atom is 0.224 e. The molecule has 2 aromatic rings. The number of nitrogens with zero attached hydrogens (tertiary/aromatic N) is 2. The number of likely N-dealkylation sites (N-methyl/N-ethyl adjacent to an activating group) is 1. The standard InChI is InChI=1S/C24H30ClN3O3/c1-27(2)13-14-28(17-18-5-8-20(25)9-6-18)24(30)4-3-15-31-21-10-11-22-19(16-21)7-12-23(29)26-22/h5-6,8-11,16H,3-4,7,12-15,17H2,1-2H3,(H,26,29).